The Balaban J connectivity index is 0. The van der Waals surface area contributed by atoms with Crippen molar-refractivity contribution >= 4 is 11.6 Å². The predicted octanol–water partition coefficient (Wildman–Crippen LogP) is 2.77. The van der Waals surface area contributed by atoms with Gasteiger partial charge in [-0.1, -0.05) is 34.3 Å². The van der Waals surface area contributed by atoms with E-state index >= 15 is 0 Å². The van der Waals surface area contributed by atoms with Crippen molar-refractivity contribution in [1.29, 1.82) is 0 Å². The van der Waals surface area contributed by atoms with Gasteiger partial charge in [-0.05, 0) is 6.08 Å². The fraction of sp³-hybridized carbons (Fsp3) is 0.636. The average Bonchev–Trinajstić information content (AvgIpc) is 2.16. The second-order valence-electron chi connectivity index (χ2n) is 3.00. The molecule has 0 unspecified atom stereocenters. The Hall–Kier alpha value is -0.920. The molecule has 0 aromatic carbocycles. The maximum absolute atomic E-state index is 10.5. The van der Waals surface area contributed by atoms with Crippen LogP contribution in [0.4, 0.5) is 0 Å². The molecule has 0 aliphatic heterocycles. The van der Waals surface area contributed by atoms with E-state index in [1.165, 1.54) is 6.08 Å². The second-order valence-corrected chi connectivity index (χ2v) is 3.00. The lowest BCUT2D eigenvalue weighted by Crippen LogP contribution is -2.03. The molecule has 0 aliphatic carbocycles. The minimum Gasteiger partial charge on any atom is -0.299 e. The third kappa shape index (κ3) is 11.1. The van der Waals surface area contributed by atoms with Crippen LogP contribution in [0, 0.1) is 5.92 Å². The summed E-state index contributed by atoms with van der Waals surface area (Å²) in [4.78, 5) is 20.6. The van der Waals surface area contributed by atoms with Crippen molar-refractivity contribution in [1.82, 2.24) is 0 Å². The Kier molecular flexibility index (Phi) is 10.3. The first-order valence-corrected chi connectivity index (χ1v) is 4.67. The Morgan fingerprint density at radius 2 is 1.69 bits per heavy atom. The van der Waals surface area contributed by atoms with E-state index in [0.717, 1.165) is 0 Å². The molecule has 0 heterocycles. The van der Waals surface area contributed by atoms with Crippen LogP contribution in [0.3, 0.4) is 0 Å². The van der Waals surface area contributed by atoms with E-state index in [4.69, 9.17) is 0 Å². The van der Waals surface area contributed by atoms with E-state index in [1.807, 2.05) is 27.7 Å². The molecule has 0 radical (unpaired) electrons. The lowest BCUT2D eigenvalue weighted by Gasteiger charge is -1.96. The first-order valence-electron chi connectivity index (χ1n) is 4.67. The smallest absolute Gasteiger partial charge is 0.154 e. The third-order valence-electron chi connectivity index (χ3n) is 1.57. The first kappa shape index (κ1) is 14.6. The summed E-state index contributed by atoms with van der Waals surface area (Å²) in [6.07, 6.45) is 2.58. The number of hydrogen-bond acceptors (Lipinski definition) is 2. The largest absolute Gasteiger partial charge is 0.299 e. The summed E-state index contributed by atoms with van der Waals surface area (Å²) in [5.41, 5.74) is 0. The molecular formula is C11H20O2. The van der Waals surface area contributed by atoms with Gasteiger partial charge in [-0.2, -0.15) is 0 Å². The molecule has 0 amide bonds. The van der Waals surface area contributed by atoms with Crippen LogP contribution in [-0.4, -0.2) is 11.6 Å². The molecule has 13 heavy (non-hydrogen) atoms. The summed E-state index contributed by atoms with van der Waals surface area (Å²) in [6.45, 7) is 10.8. The molecule has 0 aliphatic rings. The van der Waals surface area contributed by atoms with Crippen molar-refractivity contribution in [3.05, 3.63) is 12.7 Å². The summed E-state index contributed by atoms with van der Waals surface area (Å²) in [7, 11) is 0. The SMILES string of the molecule is C=CC(=O)CC.CCC(=O)C(C)C. The fourth-order valence-electron chi connectivity index (χ4n) is 0.553. The Morgan fingerprint density at radius 1 is 1.23 bits per heavy atom. The topological polar surface area (TPSA) is 34.1 Å². The number of ketones is 2. The zero-order valence-electron chi connectivity index (χ0n) is 9.09. The van der Waals surface area contributed by atoms with Gasteiger partial charge in [0.25, 0.3) is 0 Å². The van der Waals surface area contributed by atoms with Crippen molar-refractivity contribution < 1.29 is 9.59 Å². The number of allylic oxidation sites excluding steroid dienone is 1. The third-order valence-corrected chi connectivity index (χ3v) is 1.57. The van der Waals surface area contributed by atoms with Gasteiger partial charge in [-0.3, -0.25) is 9.59 Å². The zero-order valence-corrected chi connectivity index (χ0v) is 9.09. The minimum absolute atomic E-state index is 0.106. The Morgan fingerprint density at radius 3 is 1.69 bits per heavy atom. The van der Waals surface area contributed by atoms with Crippen molar-refractivity contribution in [3.63, 3.8) is 0 Å². The highest BCUT2D eigenvalue weighted by atomic mass is 16.1. The summed E-state index contributed by atoms with van der Waals surface area (Å²) in [5.74, 6) is 0.681. The van der Waals surface area contributed by atoms with Gasteiger partial charge in [-0.15, -0.1) is 0 Å². The van der Waals surface area contributed by atoms with E-state index in [9.17, 15) is 9.59 Å². The zero-order chi connectivity index (χ0) is 10.9. The van der Waals surface area contributed by atoms with Crippen molar-refractivity contribution in [3.8, 4) is 0 Å². The predicted molar refractivity (Wildman–Crippen MR) is 55.6 cm³/mol. The maximum Gasteiger partial charge on any atom is 0.154 e. The van der Waals surface area contributed by atoms with E-state index in [0.29, 0.717) is 18.6 Å². The van der Waals surface area contributed by atoms with Crippen LogP contribution in [0.5, 0.6) is 0 Å². The van der Waals surface area contributed by atoms with Gasteiger partial charge >= 0.3 is 0 Å². The Bertz CT molecular complexity index is 169. The minimum atomic E-state index is 0.106. The second kappa shape index (κ2) is 9.17. The summed E-state index contributed by atoms with van der Waals surface area (Å²) in [6, 6.07) is 0. The molecule has 0 aromatic rings. The van der Waals surface area contributed by atoms with Crippen LogP contribution in [0.15, 0.2) is 12.7 Å². The molecule has 0 saturated heterocycles. The van der Waals surface area contributed by atoms with Crippen LogP contribution < -0.4 is 0 Å². The highest BCUT2D eigenvalue weighted by molar-refractivity contribution is 5.88. The van der Waals surface area contributed by atoms with Crippen molar-refractivity contribution in [2.24, 2.45) is 5.92 Å². The van der Waals surface area contributed by atoms with Gasteiger partial charge < -0.3 is 0 Å². The van der Waals surface area contributed by atoms with Crippen LogP contribution >= 0.6 is 0 Å². The summed E-state index contributed by atoms with van der Waals surface area (Å²) < 4.78 is 0. The van der Waals surface area contributed by atoms with E-state index in [2.05, 4.69) is 6.58 Å². The molecule has 0 fully saturated rings. The monoisotopic (exact) mass is 184 g/mol. The van der Waals surface area contributed by atoms with Gasteiger partial charge in [0, 0.05) is 18.8 Å². The number of Topliss-reactive ketones (excluding diaryl/α,β-unsaturated/α-hetero) is 1. The molecule has 0 rings (SSSR count). The van der Waals surface area contributed by atoms with Gasteiger partial charge in [-0.25, -0.2) is 0 Å². The Labute approximate surface area is 81.0 Å². The van der Waals surface area contributed by atoms with E-state index in [1.54, 1.807) is 0 Å². The van der Waals surface area contributed by atoms with E-state index in [-0.39, 0.29) is 11.7 Å². The number of carbonyl (C=O) groups is 2. The van der Waals surface area contributed by atoms with Gasteiger partial charge in [0.15, 0.2) is 5.78 Å². The molecule has 76 valence electrons. The molecule has 0 N–H and O–H groups in total. The first-order chi connectivity index (χ1) is 5.99. The average molecular weight is 184 g/mol. The lowest BCUT2D eigenvalue weighted by atomic mass is 10.1. The van der Waals surface area contributed by atoms with Crippen molar-refractivity contribution in [2.75, 3.05) is 0 Å². The molecule has 0 atom stereocenters. The maximum atomic E-state index is 10.5. The molecule has 0 saturated carbocycles. The number of rotatable bonds is 4. The van der Waals surface area contributed by atoms with Crippen LogP contribution in [0.25, 0.3) is 0 Å². The standard InChI is InChI=1S/C6H12O.C5H8O/c1-4-6(7)5(2)3;1-3-5(6)4-2/h5H,4H2,1-3H3;3H,1,4H2,2H3. The van der Waals surface area contributed by atoms with Crippen molar-refractivity contribution in [2.45, 2.75) is 40.5 Å². The van der Waals surface area contributed by atoms with Crippen LogP contribution in [0.1, 0.15) is 40.5 Å². The molecular weight excluding hydrogens is 164 g/mol. The number of hydrogen-bond donors (Lipinski definition) is 0. The highest BCUT2D eigenvalue weighted by Crippen LogP contribution is 1.95. The van der Waals surface area contributed by atoms with Gasteiger partial charge in [0.05, 0.1) is 0 Å². The molecule has 0 aromatic heterocycles. The lowest BCUT2D eigenvalue weighted by molar-refractivity contribution is -0.121. The summed E-state index contributed by atoms with van der Waals surface area (Å²) in [5, 5.41) is 0. The normalized spacial score (nSPS) is 8.69. The molecule has 0 bridgehead atoms. The number of carbonyl (C=O) groups excluding carboxylic acids is 2. The molecule has 2 heteroatoms. The molecule has 2 nitrogen and oxygen atoms in total. The molecule has 0 spiro atoms. The van der Waals surface area contributed by atoms with Gasteiger partial charge in [0.2, 0.25) is 0 Å². The highest BCUT2D eigenvalue weighted by Gasteiger charge is 2.00. The quantitative estimate of drug-likeness (QED) is 0.629. The fourth-order valence-corrected chi connectivity index (χ4v) is 0.553. The van der Waals surface area contributed by atoms with E-state index < -0.39 is 0 Å². The van der Waals surface area contributed by atoms with Crippen LogP contribution in [-0.2, 0) is 9.59 Å². The summed E-state index contributed by atoms with van der Waals surface area (Å²) >= 11 is 0. The van der Waals surface area contributed by atoms with Crippen LogP contribution in [0.2, 0.25) is 0 Å². The van der Waals surface area contributed by atoms with Gasteiger partial charge in [0.1, 0.15) is 5.78 Å².